The van der Waals surface area contributed by atoms with E-state index in [0.29, 0.717) is 0 Å². The molecule has 0 aromatic rings. The molecule has 0 aromatic heterocycles. The van der Waals surface area contributed by atoms with Crippen LogP contribution in [-0.4, -0.2) is 36.0 Å². The Morgan fingerprint density at radius 3 is 2.83 bits per heavy atom. The number of hydrogen-bond donors (Lipinski definition) is 0. The minimum atomic E-state index is 0.862. The first-order valence-electron chi connectivity index (χ1n) is 5.09. The first kappa shape index (κ1) is 10.4. The molecule has 0 atom stereocenters. The summed E-state index contributed by atoms with van der Waals surface area (Å²) in [5.41, 5.74) is 0. The standard InChI is InChI=1S/C10H21NS/c1-10(2)4-6-11-5-3-8-12-9-7-11/h10H,3-9H2,1-2H3. The van der Waals surface area contributed by atoms with Crippen molar-refractivity contribution in [2.24, 2.45) is 5.92 Å². The molecule has 1 heterocycles. The van der Waals surface area contributed by atoms with Crippen LogP contribution < -0.4 is 0 Å². The van der Waals surface area contributed by atoms with Gasteiger partial charge in [-0.1, -0.05) is 13.8 Å². The maximum absolute atomic E-state index is 2.62. The third-order valence-corrected chi connectivity index (χ3v) is 3.39. The fraction of sp³-hybridized carbons (Fsp3) is 1.00. The van der Waals surface area contributed by atoms with Gasteiger partial charge in [-0.3, -0.25) is 0 Å². The largest absolute Gasteiger partial charge is 0.302 e. The van der Waals surface area contributed by atoms with E-state index >= 15 is 0 Å². The second kappa shape index (κ2) is 5.87. The molecule has 1 nitrogen and oxygen atoms in total. The van der Waals surface area contributed by atoms with Crippen molar-refractivity contribution in [1.82, 2.24) is 4.90 Å². The van der Waals surface area contributed by atoms with E-state index in [2.05, 4.69) is 30.5 Å². The molecule has 0 saturated carbocycles. The third-order valence-electron chi connectivity index (χ3n) is 2.34. The lowest BCUT2D eigenvalue weighted by atomic mass is 10.1. The van der Waals surface area contributed by atoms with Crippen LogP contribution in [0.4, 0.5) is 0 Å². The Morgan fingerprint density at radius 2 is 2.08 bits per heavy atom. The molecule has 0 unspecified atom stereocenters. The van der Waals surface area contributed by atoms with Crippen LogP contribution in [0.25, 0.3) is 0 Å². The zero-order valence-corrected chi connectivity index (χ0v) is 9.20. The molecule has 0 N–H and O–H groups in total. The van der Waals surface area contributed by atoms with Gasteiger partial charge >= 0.3 is 0 Å². The summed E-state index contributed by atoms with van der Waals surface area (Å²) in [5.74, 6) is 3.58. The summed E-state index contributed by atoms with van der Waals surface area (Å²) in [6.07, 6.45) is 2.76. The highest BCUT2D eigenvalue weighted by Crippen LogP contribution is 2.11. The maximum Gasteiger partial charge on any atom is 0.00723 e. The first-order valence-corrected chi connectivity index (χ1v) is 6.24. The van der Waals surface area contributed by atoms with E-state index in [1.807, 2.05) is 0 Å². The molecule has 0 aliphatic carbocycles. The van der Waals surface area contributed by atoms with Crippen LogP contribution in [0.1, 0.15) is 26.7 Å². The highest BCUT2D eigenvalue weighted by molar-refractivity contribution is 7.99. The molecule has 0 radical (unpaired) electrons. The summed E-state index contributed by atoms with van der Waals surface area (Å²) in [6, 6.07) is 0. The van der Waals surface area contributed by atoms with Crippen LogP contribution >= 0.6 is 11.8 Å². The van der Waals surface area contributed by atoms with Crippen molar-refractivity contribution in [2.75, 3.05) is 31.1 Å². The van der Waals surface area contributed by atoms with E-state index in [9.17, 15) is 0 Å². The van der Waals surface area contributed by atoms with E-state index in [1.54, 1.807) is 0 Å². The maximum atomic E-state index is 2.62. The quantitative estimate of drug-likeness (QED) is 0.668. The highest BCUT2D eigenvalue weighted by Gasteiger charge is 2.08. The van der Waals surface area contributed by atoms with Gasteiger partial charge in [-0.15, -0.1) is 0 Å². The fourth-order valence-corrected chi connectivity index (χ4v) is 2.39. The van der Waals surface area contributed by atoms with Crippen molar-refractivity contribution in [3.63, 3.8) is 0 Å². The van der Waals surface area contributed by atoms with Crippen molar-refractivity contribution < 1.29 is 0 Å². The van der Waals surface area contributed by atoms with Gasteiger partial charge in [0.25, 0.3) is 0 Å². The number of nitrogens with zero attached hydrogens (tertiary/aromatic N) is 1. The normalized spacial score (nSPS) is 21.2. The molecular weight excluding hydrogens is 166 g/mol. The number of rotatable bonds is 3. The van der Waals surface area contributed by atoms with Gasteiger partial charge in [-0.05, 0) is 37.6 Å². The van der Waals surface area contributed by atoms with E-state index in [-0.39, 0.29) is 0 Å². The molecule has 1 aliphatic heterocycles. The topological polar surface area (TPSA) is 3.24 Å². The summed E-state index contributed by atoms with van der Waals surface area (Å²) in [4.78, 5) is 2.62. The van der Waals surface area contributed by atoms with Crippen LogP contribution in [0.5, 0.6) is 0 Å². The van der Waals surface area contributed by atoms with Crippen LogP contribution in [-0.2, 0) is 0 Å². The van der Waals surface area contributed by atoms with Crippen molar-refractivity contribution in [3.8, 4) is 0 Å². The monoisotopic (exact) mass is 187 g/mol. The van der Waals surface area contributed by atoms with E-state index in [4.69, 9.17) is 0 Å². The van der Waals surface area contributed by atoms with Gasteiger partial charge in [0.05, 0.1) is 0 Å². The Hall–Kier alpha value is 0.310. The average molecular weight is 187 g/mol. The molecule has 1 rings (SSSR count). The van der Waals surface area contributed by atoms with Crippen molar-refractivity contribution >= 4 is 11.8 Å². The Labute approximate surface area is 80.9 Å². The van der Waals surface area contributed by atoms with Crippen LogP contribution in [0.2, 0.25) is 0 Å². The molecule has 72 valence electrons. The van der Waals surface area contributed by atoms with Gasteiger partial charge in [0.15, 0.2) is 0 Å². The lowest BCUT2D eigenvalue weighted by molar-refractivity contribution is 0.277. The Morgan fingerprint density at radius 1 is 1.25 bits per heavy atom. The van der Waals surface area contributed by atoms with Gasteiger partial charge in [0.2, 0.25) is 0 Å². The van der Waals surface area contributed by atoms with Gasteiger partial charge in [-0.2, -0.15) is 11.8 Å². The zero-order chi connectivity index (χ0) is 8.81. The van der Waals surface area contributed by atoms with Gasteiger partial charge in [0, 0.05) is 12.3 Å². The lowest BCUT2D eigenvalue weighted by Crippen LogP contribution is -2.27. The molecule has 0 amide bonds. The predicted molar refractivity (Wildman–Crippen MR) is 57.8 cm³/mol. The first-order chi connectivity index (χ1) is 5.79. The molecule has 0 bridgehead atoms. The van der Waals surface area contributed by atoms with E-state index < -0.39 is 0 Å². The molecule has 1 fully saturated rings. The summed E-state index contributed by atoms with van der Waals surface area (Å²) in [5, 5.41) is 0. The molecule has 2 heteroatoms. The number of thioether (sulfide) groups is 1. The van der Waals surface area contributed by atoms with E-state index in [0.717, 1.165) is 5.92 Å². The molecule has 1 saturated heterocycles. The SMILES string of the molecule is CC(C)CCN1CCCSCC1. The van der Waals surface area contributed by atoms with E-state index in [1.165, 1.54) is 44.0 Å². The summed E-state index contributed by atoms with van der Waals surface area (Å²) < 4.78 is 0. The van der Waals surface area contributed by atoms with Crippen LogP contribution in [0, 0.1) is 5.92 Å². The molecule has 0 spiro atoms. The Bertz CT molecular complexity index is 106. The zero-order valence-electron chi connectivity index (χ0n) is 8.38. The minimum absolute atomic E-state index is 0.862. The van der Waals surface area contributed by atoms with Gasteiger partial charge in [-0.25, -0.2) is 0 Å². The van der Waals surface area contributed by atoms with Crippen molar-refractivity contribution in [2.45, 2.75) is 26.7 Å². The predicted octanol–water partition coefficient (Wildman–Crippen LogP) is 2.47. The Balaban J connectivity index is 2.12. The second-order valence-corrected chi connectivity index (χ2v) is 5.21. The average Bonchev–Trinajstić information content (AvgIpc) is 2.28. The second-order valence-electron chi connectivity index (χ2n) is 3.99. The fourth-order valence-electron chi connectivity index (χ4n) is 1.46. The minimum Gasteiger partial charge on any atom is -0.302 e. The smallest absolute Gasteiger partial charge is 0.00723 e. The highest BCUT2D eigenvalue weighted by atomic mass is 32.2. The Kier molecular flexibility index (Phi) is 5.08. The third kappa shape index (κ3) is 4.36. The summed E-state index contributed by atoms with van der Waals surface area (Å²) in [6.45, 7) is 8.59. The lowest BCUT2D eigenvalue weighted by Gasteiger charge is -2.20. The molecule has 1 aliphatic rings. The van der Waals surface area contributed by atoms with Crippen LogP contribution in [0.15, 0.2) is 0 Å². The van der Waals surface area contributed by atoms with Gasteiger partial charge < -0.3 is 4.90 Å². The van der Waals surface area contributed by atoms with Gasteiger partial charge in [0.1, 0.15) is 0 Å². The molecular formula is C10H21NS. The molecule has 0 aromatic carbocycles. The van der Waals surface area contributed by atoms with Crippen molar-refractivity contribution in [3.05, 3.63) is 0 Å². The molecule has 12 heavy (non-hydrogen) atoms. The van der Waals surface area contributed by atoms with Crippen molar-refractivity contribution in [1.29, 1.82) is 0 Å². The number of hydrogen-bond acceptors (Lipinski definition) is 2. The summed E-state index contributed by atoms with van der Waals surface area (Å²) in [7, 11) is 0. The summed E-state index contributed by atoms with van der Waals surface area (Å²) >= 11 is 2.11. The van der Waals surface area contributed by atoms with Crippen LogP contribution in [0.3, 0.4) is 0 Å².